The molecule has 0 aromatic heterocycles. The fraction of sp³-hybridized carbons (Fsp3) is 0.400. The van der Waals surface area contributed by atoms with Crippen LogP contribution in [0.2, 0.25) is 5.02 Å². The van der Waals surface area contributed by atoms with Crippen molar-refractivity contribution in [3.05, 3.63) is 70.2 Å². The Hall–Kier alpha value is -2.90. The van der Waals surface area contributed by atoms with E-state index in [1.165, 1.54) is 0 Å². The Labute approximate surface area is 199 Å². The van der Waals surface area contributed by atoms with Crippen LogP contribution in [0.5, 0.6) is 0 Å². The van der Waals surface area contributed by atoms with Crippen LogP contribution >= 0.6 is 11.6 Å². The van der Waals surface area contributed by atoms with E-state index in [0.29, 0.717) is 24.4 Å². The lowest BCUT2D eigenvalue weighted by molar-refractivity contribution is -0.135. The first-order valence-electron chi connectivity index (χ1n) is 11.4. The van der Waals surface area contributed by atoms with Gasteiger partial charge in [0.1, 0.15) is 12.1 Å². The minimum absolute atomic E-state index is 0.117. The molecule has 4 rings (SSSR count). The molecule has 1 spiro atoms. The number of nitrogens with zero attached hydrogens (tertiary/aromatic N) is 2. The Kier molecular flexibility index (Phi) is 6.72. The Balaban J connectivity index is 1.46. The molecule has 174 valence electrons. The molecule has 2 aromatic carbocycles. The van der Waals surface area contributed by atoms with E-state index in [1.54, 1.807) is 0 Å². The van der Waals surface area contributed by atoms with Gasteiger partial charge in [-0.3, -0.25) is 19.4 Å². The number of nitrogens with one attached hydrogen (secondary N) is 2. The van der Waals surface area contributed by atoms with Gasteiger partial charge in [-0.1, -0.05) is 67.9 Å². The number of amides is 4. The molecule has 1 heterocycles. The Morgan fingerprint density at radius 1 is 1.15 bits per heavy atom. The molecule has 1 aliphatic carbocycles. The van der Waals surface area contributed by atoms with Gasteiger partial charge in [0.15, 0.2) is 0 Å². The van der Waals surface area contributed by atoms with Crippen LogP contribution in [-0.2, 0) is 21.5 Å². The maximum absolute atomic E-state index is 13.3. The van der Waals surface area contributed by atoms with E-state index in [0.717, 1.165) is 34.7 Å². The number of urea groups is 1. The molecule has 4 amide bonds. The van der Waals surface area contributed by atoms with E-state index in [4.69, 9.17) is 11.6 Å². The molecular weight excluding hydrogens is 440 g/mol. The summed E-state index contributed by atoms with van der Waals surface area (Å²) in [5, 5.41) is 6.41. The van der Waals surface area contributed by atoms with Crippen molar-refractivity contribution < 1.29 is 14.4 Å². The summed E-state index contributed by atoms with van der Waals surface area (Å²) in [4.78, 5) is 42.0. The number of hydrogen-bond acceptors (Lipinski definition) is 4. The van der Waals surface area contributed by atoms with Crippen LogP contribution in [0, 0.1) is 0 Å². The van der Waals surface area contributed by atoms with Gasteiger partial charge in [0.2, 0.25) is 5.91 Å². The molecule has 8 heteroatoms. The minimum Gasteiger partial charge on any atom is -0.353 e. The molecule has 1 aliphatic heterocycles. The minimum atomic E-state index is -1.06. The van der Waals surface area contributed by atoms with Gasteiger partial charge >= 0.3 is 6.03 Å². The van der Waals surface area contributed by atoms with Crippen LogP contribution in [-0.4, -0.2) is 53.8 Å². The molecule has 33 heavy (non-hydrogen) atoms. The van der Waals surface area contributed by atoms with Crippen molar-refractivity contribution in [3.8, 4) is 0 Å². The predicted octanol–water partition coefficient (Wildman–Crippen LogP) is 3.23. The van der Waals surface area contributed by atoms with Crippen molar-refractivity contribution >= 4 is 29.4 Å². The average molecular weight is 469 g/mol. The molecule has 7 nitrogen and oxygen atoms in total. The monoisotopic (exact) mass is 468 g/mol. The normalized spacial score (nSPS) is 20.3. The summed E-state index contributed by atoms with van der Waals surface area (Å²) in [6.07, 6.45) is 1.22. The highest BCUT2D eigenvalue weighted by Crippen LogP contribution is 2.41. The molecule has 2 unspecified atom stereocenters. The second kappa shape index (κ2) is 9.53. The standard InChI is InChI=1S/C25H29ClN4O3/c1-3-29(4-2)21(18-10-6-8-12-20(18)26)15-27-22(31)16-30-23(32)25(28-24(30)33)14-13-17-9-5-7-11-19(17)25/h5-12,21H,3-4,13-16H2,1-2H3,(H,27,31)(H,28,33). The number of imide groups is 1. The number of hydrogen-bond donors (Lipinski definition) is 2. The molecule has 2 aromatic rings. The van der Waals surface area contributed by atoms with Crippen molar-refractivity contribution in [2.24, 2.45) is 0 Å². The van der Waals surface area contributed by atoms with Crippen LogP contribution in [0.15, 0.2) is 48.5 Å². The van der Waals surface area contributed by atoms with E-state index in [9.17, 15) is 14.4 Å². The van der Waals surface area contributed by atoms with Gasteiger partial charge < -0.3 is 10.6 Å². The fourth-order valence-corrected chi connectivity index (χ4v) is 5.25. The number of likely N-dealkylation sites (N-methyl/N-ethyl adjacent to an activating group) is 1. The summed E-state index contributed by atoms with van der Waals surface area (Å²) >= 11 is 6.43. The van der Waals surface area contributed by atoms with Crippen molar-refractivity contribution in [3.63, 3.8) is 0 Å². The highest BCUT2D eigenvalue weighted by molar-refractivity contribution is 6.31. The first-order valence-corrected chi connectivity index (χ1v) is 11.8. The van der Waals surface area contributed by atoms with E-state index in [1.807, 2.05) is 48.5 Å². The zero-order valence-corrected chi connectivity index (χ0v) is 19.7. The molecule has 2 aliphatic rings. The predicted molar refractivity (Wildman–Crippen MR) is 127 cm³/mol. The lowest BCUT2D eigenvalue weighted by Crippen LogP contribution is -2.45. The summed E-state index contributed by atoms with van der Waals surface area (Å²) < 4.78 is 0. The lowest BCUT2D eigenvalue weighted by atomic mass is 9.92. The first kappa shape index (κ1) is 23.3. The number of halogens is 1. The van der Waals surface area contributed by atoms with E-state index < -0.39 is 11.6 Å². The highest BCUT2D eigenvalue weighted by Gasteiger charge is 2.55. The third-order valence-electron chi connectivity index (χ3n) is 6.73. The van der Waals surface area contributed by atoms with E-state index in [2.05, 4.69) is 29.4 Å². The van der Waals surface area contributed by atoms with E-state index >= 15 is 0 Å². The molecular formula is C25H29ClN4O3. The Morgan fingerprint density at radius 2 is 1.85 bits per heavy atom. The van der Waals surface area contributed by atoms with Gasteiger partial charge in [0.05, 0.1) is 6.04 Å². The number of benzene rings is 2. The summed E-state index contributed by atoms with van der Waals surface area (Å²) in [7, 11) is 0. The fourth-order valence-electron chi connectivity index (χ4n) is 4.99. The van der Waals surface area contributed by atoms with Crippen LogP contribution < -0.4 is 10.6 Å². The third kappa shape index (κ3) is 4.23. The van der Waals surface area contributed by atoms with Crippen molar-refractivity contribution in [2.45, 2.75) is 38.3 Å². The largest absolute Gasteiger partial charge is 0.353 e. The number of rotatable bonds is 8. The average Bonchev–Trinajstić information content (AvgIpc) is 3.30. The number of fused-ring (bicyclic) bond motifs is 2. The zero-order chi connectivity index (χ0) is 23.6. The number of aryl methyl sites for hydroxylation is 1. The second-order valence-electron chi connectivity index (χ2n) is 8.45. The summed E-state index contributed by atoms with van der Waals surface area (Å²) in [5.41, 5.74) is 1.75. The smallest absolute Gasteiger partial charge is 0.325 e. The summed E-state index contributed by atoms with van der Waals surface area (Å²) in [6.45, 7) is 5.70. The lowest BCUT2D eigenvalue weighted by Gasteiger charge is -2.31. The van der Waals surface area contributed by atoms with Gasteiger partial charge in [-0.25, -0.2) is 4.79 Å². The molecule has 1 fully saturated rings. The molecule has 2 atom stereocenters. The molecule has 1 saturated heterocycles. The summed E-state index contributed by atoms with van der Waals surface area (Å²) in [6, 6.07) is 14.6. The van der Waals surface area contributed by atoms with Crippen LogP contribution in [0.1, 0.15) is 43.0 Å². The van der Waals surface area contributed by atoms with Crippen molar-refractivity contribution in [1.82, 2.24) is 20.4 Å². The first-order chi connectivity index (χ1) is 15.9. The zero-order valence-electron chi connectivity index (χ0n) is 18.9. The Bertz CT molecular complexity index is 1070. The van der Waals surface area contributed by atoms with Gasteiger partial charge in [-0.15, -0.1) is 0 Å². The van der Waals surface area contributed by atoms with Gasteiger partial charge in [-0.2, -0.15) is 0 Å². The molecule has 0 radical (unpaired) electrons. The number of carbonyl (C=O) groups is 3. The van der Waals surface area contributed by atoms with Crippen LogP contribution in [0.3, 0.4) is 0 Å². The van der Waals surface area contributed by atoms with E-state index in [-0.39, 0.29) is 24.4 Å². The number of carbonyl (C=O) groups excluding carboxylic acids is 3. The van der Waals surface area contributed by atoms with Gasteiger partial charge in [-0.05, 0) is 48.7 Å². The van der Waals surface area contributed by atoms with Gasteiger partial charge in [0.25, 0.3) is 5.91 Å². The van der Waals surface area contributed by atoms with Gasteiger partial charge in [0, 0.05) is 11.6 Å². The van der Waals surface area contributed by atoms with Crippen LogP contribution in [0.4, 0.5) is 4.79 Å². The molecule has 2 N–H and O–H groups in total. The van der Waals surface area contributed by atoms with Crippen molar-refractivity contribution in [2.75, 3.05) is 26.2 Å². The molecule has 0 saturated carbocycles. The van der Waals surface area contributed by atoms with Crippen LogP contribution in [0.25, 0.3) is 0 Å². The second-order valence-corrected chi connectivity index (χ2v) is 8.85. The molecule has 0 bridgehead atoms. The third-order valence-corrected chi connectivity index (χ3v) is 7.08. The quantitative estimate of drug-likeness (QED) is 0.583. The topological polar surface area (TPSA) is 81.8 Å². The maximum Gasteiger partial charge on any atom is 0.325 e. The Morgan fingerprint density at radius 3 is 2.58 bits per heavy atom. The highest BCUT2D eigenvalue weighted by atomic mass is 35.5. The van der Waals surface area contributed by atoms with Crippen molar-refractivity contribution in [1.29, 1.82) is 0 Å². The SMILES string of the molecule is CCN(CC)C(CNC(=O)CN1C(=O)NC2(CCc3ccccc32)C1=O)c1ccccc1Cl. The summed E-state index contributed by atoms with van der Waals surface area (Å²) in [5.74, 6) is -0.745. The maximum atomic E-state index is 13.3.